The molecule has 1 heterocycles. The van der Waals surface area contributed by atoms with Crippen LogP contribution < -0.4 is 10.0 Å². The Morgan fingerprint density at radius 2 is 1.58 bits per heavy atom. The zero-order valence-electron chi connectivity index (χ0n) is 15.0. The third kappa shape index (κ3) is 6.17. The molecule has 1 fully saturated rings. The summed E-state index contributed by atoms with van der Waals surface area (Å²) in [5, 5.41) is 3.03. The van der Waals surface area contributed by atoms with E-state index in [-0.39, 0.29) is 28.7 Å². The Labute approximate surface area is 163 Å². The summed E-state index contributed by atoms with van der Waals surface area (Å²) >= 11 is 0. The van der Waals surface area contributed by atoms with Crippen LogP contribution in [0.4, 0.5) is 0 Å². The average Bonchev–Trinajstić information content (AvgIpc) is 2.89. The van der Waals surface area contributed by atoms with Crippen molar-refractivity contribution in [3.8, 4) is 0 Å². The number of hydrogen-bond acceptors (Lipinski definition) is 5. The third-order valence-corrected chi connectivity index (χ3v) is 7.52. The summed E-state index contributed by atoms with van der Waals surface area (Å²) in [6, 6.07) is 5.59. The smallest absolute Gasteiger partial charge is 0.243 e. The first-order chi connectivity index (χ1) is 11.9. The van der Waals surface area contributed by atoms with E-state index < -0.39 is 20.0 Å². The molecule has 0 radical (unpaired) electrons. The highest BCUT2D eigenvalue weighted by Gasteiger charge is 2.26. The number of benzene rings is 1. The van der Waals surface area contributed by atoms with Crippen molar-refractivity contribution in [1.82, 2.24) is 14.3 Å². The van der Waals surface area contributed by atoms with E-state index in [0.29, 0.717) is 19.6 Å². The SMILES string of the molecule is CCNCCNS(=O)(=O)c1cccc(S(=O)(=O)N2CCCCCC2)c1.Cl. The molecule has 0 aliphatic carbocycles. The Morgan fingerprint density at radius 1 is 0.962 bits per heavy atom. The Balaban J connectivity index is 0.00000338. The van der Waals surface area contributed by atoms with Gasteiger partial charge in [-0.2, -0.15) is 4.31 Å². The van der Waals surface area contributed by atoms with Gasteiger partial charge in [0.15, 0.2) is 0 Å². The second-order valence-electron chi connectivity index (χ2n) is 6.04. The minimum absolute atomic E-state index is 0. The summed E-state index contributed by atoms with van der Waals surface area (Å²) in [6.07, 6.45) is 3.72. The number of nitrogens with zero attached hydrogens (tertiary/aromatic N) is 1. The summed E-state index contributed by atoms with van der Waals surface area (Å²) in [6.45, 7) is 4.43. The van der Waals surface area contributed by atoms with Crippen LogP contribution in [0.1, 0.15) is 32.6 Å². The van der Waals surface area contributed by atoms with Gasteiger partial charge in [-0.25, -0.2) is 21.6 Å². The Bertz CT molecular complexity index is 761. The topological polar surface area (TPSA) is 95.6 Å². The normalized spacial score (nSPS) is 16.7. The second kappa shape index (κ2) is 10.6. The summed E-state index contributed by atoms with van der Waals surface area (Å²) in [7, 11) is -7.40. The largest absolute Gasteiger partial charge is 0.316 e. The lowest BCUT2D eigenvalue weighted by molar-refractivity contribution is 0.423. The molecule has 0 saturated carbocycles. The Morgan fingerprint density at radius 3 is 2.19 bits per heavy atom. The van der Waals surface area contributed by atoms with E-state index in [1.165, 1.54) is 28.6 Å². The van der Waals surface area contributed by atoms with E-state index in [1.54, 1.807) is 0 Å². The van der Waals surface area contributed by atoms with Gasteiger partial charge in [-0.05, 0) is 37.6 Å². The highest BCUT2D eigenvalue weighted by molar-refractivity contribution is 7.90. The van der Waals surface area contributed by atoms with Crippen LogP contribution in [0, 0.1) is 0 Å². The van der Waals surface area contributed by atoms with E-state index in [9.17, 15) is 16.8 Å². The van der Waals surface area contributed by atoms with Crippen LogP contribution in [-0.4, -0.2) is 53.9 Å². The fourth-order valence-electron chi connectivity index (χ4n) is 2.77. The van der Waals surface area contributed by atoms with Gasteiger partial charge in [0.1, 0.15) is 0 Å². The van der Waals surface area contributed by atoms with E-state index in [0.717, 1.165) is 32.2 Å². The Hall–Kier alpha value is -0.710. The van der Waals surface area contributed by atoms with Gasteiger partial charge in [0, 0.05) is 26.2 Å². The molecule has 0 unspecified atom stereocenters. The van der Waals surface area contributed by atoms with Crippen LogP contribution in [0.2, 0.25) is 0 Å². The molecule has 2 N–H and O–H groups in total. The maximum atomic E-state index is 12.8. The molecule has 26 heavy (non-hydrogen) atoms. The van der Waals surface area contributed by atoms with Crippen molar-refractivity contribution in [3.05, 3.63) is 24.3 Å². The number of rotatable bonds is 8. The fourth-order valence-corrected chi connectivity index (χ4v) is 5.48. The first-order valence-corrected chi connectivity index (χ1v) is 11.6. The first-order valence-electron chi connectivity index (χ1n) is 8.68. The van der Waals surface area contributed by atoms with Crippen molar-refractivity contribution in [2.24, 2.45) is 0 Å². The van der Waals surface area contributed by atoms with Gasteiger partial charge in [0.25, 0.3) is 0 Å². The number of hydrogen-bond donors (Lipinski definition) is 2. The van der Waals surface area contributed by atoms with Crippen LogP contribution in [0.15, 0.2) is 34.1 Å². The molecule has 0 spiro atoms. The van der Waals surface area contributed by atoms with Crippen LogP contribution in [0.25, 0.3) is 0 Å². The van der Waals surface area contributed by atoms with Crippen molar-refractivity contribution in [2.75, 3.05) is 32.7 Å². The quantitative estimate of drug-likeness (QED) is 0.616. The molecule has 1 aliphatic rings. The van der Waals surface area contributed by atoms with Crippen LogP contribution in [-0.2, 0) is 20.0 Å². The molecule has 0 amide bonds. The average molecular weight is 426 g/mol. The van der Waals surface area contributed by atoms with E-state index in [2.05, 4.69) is 10.0 Å². The lowest BCUT2D eigenvalue weighted by Crippen LogP contribution is -2.33. The molecule has 150 valence electrons. The van der Waals surface area contributed by atoms with E-state index in [4.69, 9.17) is 0 Å². The molecule has 1 aliphatic heterocycles. The maximum absolute atomic E-state index is 12.8. The highest BCUT2D eigenvalue weighted by atomic mass is 35.5. The number of sulfonamides is 2. The third-order valence-electron chi connectivity index (χ3n) is 4.16. The molecule has 1 saturated heterocycles. The minimum Gasteiger partial charge on any atom is -0.316 e. The summed E-state index contributed by atoms with van der Waals surface area (Å²) < 4.78 is 54.3. The van der Waals surface area contributed by atoms with Crippen molar-refractivity contribution >= 4 is 32.5 Å². The minimum atomic E-state index is -3.73. The highest BCUT2D eigenvalue weighted by Crippen LogP contribution is 2.22. The lowest BCUT2D eigenvalue weighted by Gasteiger charge is -2.20. The monoisotopic (exact) mass is 425 g/mol. The van der Waals surface area contributed by atoms with Crippen molar-refractivity contribution in [1.29, 1.82) is 0 Å². The molecule has 7 nitrogen and oxygen atoms in total. The summed E-state index contributed by atoms with van der Waals surface area (Å²) in [5.41, 5.74) is 0. The molecule has 0 atom stereocenters. The number of likely N-dealkylation sites (N-methyl/N-ethyl adjacent to an activating group) is 1. The zero-order valence-corrected chi connectivity index (χ0v) is 17.4. The first kappa shape index (κ1) is 23.3. The predicted octanol–water partition coefficient (Wildman–Crippen LogP) is 1.56. The van der Waals surface area contributed by atoms with Crippen molar-refractivity contribution < 1.29 is 16.8 Å². The lowest BCUT2D eigenvalue weighted by atomic mass is 10.2. The number of nitrogens with one attached hydrogen (secondary N) is 2. The van der Waals surface area contributed by atoms with Gasteiger partial charge >= 0.3 is 0 Å². The zero-order chi connectivity index (χ0) is 18.3. The van der Waals surface area contributed by atoms with Gasteiger partial charge in [-0.15, -0.1) is 12.4 Å². The Kier molecular flexibility index (Phi) is 9.49. The van der Waals surface area contributed by atoms with E-state index >= 15 is 0 Å². The molecular formula is C16H28ClN3O4S2. The molecule has 1 aromatic carbocycles. The van der Waals surface area contributed by atoms with Crippen molar-refractivity contribution in [3.63, 3.8) is 0 Å². The maximum Gasteiger partial charge on any atom is 0.243 e. The van der Waals surface area contributed by atoms with Gasteiger partial charge in [0.05, 0.1) is 9.79 Å². The molecule has 2 rings (SSSR count). The van der Waals surface area contributed by atoms with Gasteiger partial charge < -0.3 is 5.32 Å². The molecule has 1 aromatic rings. The number of halogens is 1. The van der Waals surface area contributed by atoms with Crippen LogP contribution in [0.3, 0.4) is 0 Å². The predicted molar refractivity (Wildman–Crippen MR) is 105 cm³/mol. The van der Waals surface area contributed by atoms with Gasteiger partial charge in [-0.1, -0.05) is 25.8 Å². The fraction of sp³-hybridized carbons (Fsp3) is 0.625. The molecular weight excluding hydrogens is 398 g/mol. The van der Waals surface area contributed by atoms with Crippen LogP contribution >= 0.6 is 12.4 Å². The standard InChI is InChI=1S/C16H27N3O4S2.ClH/c1-2-17-10-11-18-24(20,21)15-8-7-9-16(14-15)25(22,23)19-12-5-3-4-6-13-19;/h7-9,14,17-18H,2-6,10-13H2,1H3;1H. The summed E-state index contributed by atoms with van der Waals surface area (Å²) in [5.74, 6) is 0. The summed E-state index contributed by atoms with van der Waals surface area (Å²) in [4.78, 5) is 0.00357. The second-order valence-corrected chi connectivity index (χ2v) is 9.75. The molecule has 0 aromatic heterocycles. The van der Waals surface area contributed by atoms with Gasteiger partial charge in [-0.3, -0.25) is 0 Å². The molecule has 10 heteroatoms. The molecule has 0 bridgehead atoms. The van der Waals surface area contributed by atoms with Crippen molar-refractivity contribution in [2.45, 2.75) is 42.4 Å². The van der Waals surface area contributed by atoms with Crippen LogP contribution in [0.5, 0.6) is 0 Å². The van der Waals surface area contributed by atoms with E-state index in [1.807, 2.05) is 6.92 Å². The van der Waals surface area contributed by atoms with Gasteiger partial charge in [0.2, 0.25) is 20.0 Å².